The molecule has 0 saturated heterocycles. The maximum absolute atomic E-state index is 12.2. The fourth-order valence-corrected chi connectivity index (χ4v) is 2.84. The quantitative estimate of drug-likeness (QED) is 0.468. The molecule has 3 aromatic rings. The molecule has 0 unspecified atom stereocenters. The lowest BCUT2D eigenvalue weighted by atomic mass is 10.1. The summed E-state index contributed by atoms with van der Waals surface area (Å²) < 4.78 is 5.02. The molecule has 0 saturated carbocycles. The first-order valence-electron chi connectivity index (χ1n) is 9.51. The molecule has 3 aromatic carbocycles. The third-order valence-electron chi connectivity index (χ3n) is 4.35. The third-order valence-corrected chi connectivity index (χ3v) is 4.35. The summed E-state index contributed by atoms with van der Waals surface area (Å²) in [4.78, 5) is 36.2. The molecular weight excluding hydrogens is 380 g/mol. The fourth-order valence-electron chi connectivity index (χ4n) is 2.84. The van der Waals surface area contributed by atoms with E-state index in [2.05, 4.69) is 10.6 Å². The molecule has 0 bridgehead atoms. The van der Waals surface area contributed by atoms with E-state index in [1.165, 1.54) is 13.0 Å². The highest BCUT2D eigenvalue weighted by atomic mass is 16.5. The van der Waals surface area contributed by atoms with Gasteiger partial charge in [0.2, 0.25) is 5.91 Å². The van der Waals surface area contributed by atoms with E-state index in [1.54, 1.807) is 12.1 Å². The Bertz CT molecular complexity index is 1070. The van der Waals surface area contributed by atoms with Crippen LogP contribution >= 0.6 is 0 Å². The number of rotatable bonds is 7. The van der Waals surface area contributed by atoms with E-state index in [4.69, 9.17) is 4.74 Å². The molecule has 1 atom stereocenters. The molecule has 30 heavy (non-hydrogen) atoms. The molecule has 0 aliphatic carbocycles. The summed E-state index contributed by atoms with van der Waals surface area (Å²) in [5, 5.41) is 7.15. The van der Waals surface area contributed by atoms with E-state index < -0.39 is 30.4 Å². The fraction of sp³-hybridized carbons (Fsp3) is 0.125. The zero-order valence-electron chi connectivity index (χ0n) is 16.5. The summed E-state index contributed by atoms with van der Waals surface area (Å²) in [7, 11) is 0. The Morgan fingerprint density at radius 3 is 2.43 bits per heavy atom. The number of hydrogen-bond acceptors (Lipinski definition) is 4. The van der Waals surface area contributed by atoms with Gasteiger partial charge in [-0.1, -0.05) is 66.7 Å². The average molecular weight is 402 g/mol. The van der Waals surface area contributed by atoms with Crippen molar-refractivity contribution in [1.82, 2.24) is 5.32 Å². The van der Waals surface area contributed by atoms with Crippen LogP contribution in [0.4, 0.5) is 5.69 Å². The van der Waals surface area contributed by atoms with Gasteiger partial charge in [0, 0.05) is 17.1 Å². The molecule has 0 fully saturated rings. The number of carbonyl (C=O) groups excluding carboxylic acids is 3. The van der Waals surface area contributed by atoms with Gasteiger partial charge in [-0.2, -0.15) is 0 Å². The van der Waals surface area contributed by atoms with Crippen LogP contribution in [0.15, 0.2) is 78.9 Å². The lowest BCUT2D eigenvalue weighted by Gasteiger charge is -2.13. The molecule has 2 N–H and O–H groups in total. The minimum absolute atomic E-state index is 0.427. The normalized spacial score (nSPS) is 11.8. The number of benzene rings is 3. The van der Waals surface area contributed by atoms with Crippen LogP contribution in [0.3, 0.4) is 0 Å². The maximum Gasteiger partial charge on any atom is 0.328 e. The smallest absolute Gasteiger partial charge is 0.328 e. The van der Waals surface area contributed by atoms with Gasteiger partial charge in [-0.05, 0) is 30.0 Å². The highest BCUT2D eigenvalue weighted by molar-refractivity contribution is 6.03. The number of amides is 2. The Kier molecular flexibility index (Phi) is 6.95. The Labute approximate surface area is 174 Å². The number of carbonyl (C=O) groups is 3. The number of nitrogens with one attached hydrogen (secondary N) is 2. The van der Waals surface area contributed by atoms with Crippen LogP contribution in [0.5, 0.6) is 0 Å². The van der Waals surface area contributed by atoms with Crippen molar-refractivity contribution in [3.05, 3.63) is 84.4 Å². The molecule has 152 valence electrons. The van der Waals surface area contributed by atoms with Gasteiger partial charge >= 0.3 is 5.97 Å². The predicted molar refractivity (Wildman–Crippen MR) is 117 cm³/mol. The van der Waals surface area contributed by atoms with Crippen LogP contribution in [-0.4, -0.2) is 30.4 Å². The van der Waals surface area contributed by atoms with E-state index >= 15 is 0 Å². The van der Waals surface area contributed by atoms with Crippen LogP contribution < -0.4 is 10.6 Å². The van der Waals surface area contributed by atoms with E-state index in [1.807, 2.05) is 66.7 Å². The van der Waals surface area contributed by atoms with Gasteiger partial charge in [0.1, 0.15) is 6.04 Å². The summed E-state index contributed by atoms with van der Waals surface area (Å²) in [6.07, 6.45) is 2.98. The highest BCUT2D eigenvalue weighted by Crippen LogP contribution is 2.22. The number of esters is 1. The number of ether oxygens (including phenoxy) is 1. The van der Waals surface area contributed by atoms with Crippen LogP contribution in [0.1, 0.15) is 12.5 Å². The van der Waals surface area contributed by atoms with Crippen LogP contribution in [0.2, 0.25) is 0 Å². The van der Waals surface area contributed by atoms with Gasteiger partial charge in [-0.25, -0.2) is 4.79 Å². The largest absolute Gasteiger partial charge is 0.454 e. The Hall–Kier alpha value is -3.93. The second-order valence-electron chi connectivity index (χ2n) is 6.66. The van der Waals surface area contributed by atoms with Gasteiger partial charge < -0.3 is 15.4 Å². The van der Waals surface area contributed by atoms with E-state index in [9.17, 15) is 14.4 Å². The molecule has 0 spiro atoms. The van der Waals surface area contributed by atoms with Crippen molar-refractivity contribution in [2.24, 2.45) is 0 Å². The summed E-state index contributed by atoms with van der Waals surface area (Å²) in [6.45, 7) is 1.06. The topological polar surface area (TPSA) is 84.5 Å². The lowest BCUT2D eigenvalue weighted by molar-refractivity contribution is -0.149. The molecule has 6 nitrogen and oxygen atoms in total. The zero-order valence-corrected chi connectivity index (χ0v) is 16.5. The molecule has 0 aromatic heterocycles. The summed E-state index contributed by atoms with van der Waals surface area (Å²) >= 11 is 0. The minimum atomic E-state index is -0.886. The van der Waals surface area contributed by atoms with Crippen molar-refractivity contribution in [2.75, 3.05) is 11.9 Å². The summed E-state index contributed by atoms with van der Waals surface area (Å²) in [6, 6.07) is 21.6. The van der Waals surface area contributed by atoms with Crippen molar-refractivity contribution in [3.63, 3.8) is 0 Å². The second kappa shape index (κ2) is 10.0. The molecule has 0 aliphatic heterocycles. The van der Waals surface area contributed by atoms with Gasteiger partial charge in [0.25, 0.3) is 5.91 Å². The van der Waals surface area contributed by atoms with Gasteiger partial charge in [-0.15, -0.1) is 0 Å². The second-order valence-corrected chi connectivity index (χ2v) is 6.66. The van der Waals surface area contributed by atoms with Crippen molar-refractivity contribution in [1.29, 1.82) is 0 Å². The van der Waals surface area contributed by atoms with Gasteiger partial charge in [0.15, 0.2) is 6.61 Å². The van der Waals surface area contributed by atoms with Gasteiger partial charge in [0.05, 0.1) is 0 Å². The highest BCUT2D eigenvalue weighted by Gasteiger charge is 2.17. The number of hydrogen-bond donors (Lipinski definition) is 2. The summed E-state index contributed by atoms with van der Waals surface area (Å²) in [5.41, 5.74) is 1.51. The Morgan fingerprint density at radius 2 is 1.63 bits per heavy atom. The monoisotopic (exact) mass is 402 g/mol. The first-order valence-corrected chi connectivity index (χ1v) is 9.51. The molecular formula is C24H22N2O4. The molecule has 0 aliphatic rings. The molecule has 6 heteroatoms. The molecule has 2 amide bonds. The maximum atomic E-state index is 12.2. The van der Waals surface area contributed by atoms with E-state index in [0.717, 1.165) is 16.3 Å². The van der Waals surface area contributed by atoms with Crippen molar-refractivity contribution >= 4 is 40.3 Å². The van der Waals surface area contributed by atoms with Crippen LogP contribution in [-0.2, 0) is 19.1 Å². The van der Waals surface area contributed by atoms with Gasteiger partial charge in [-0.3, -0.25) is 9.59 Å². The first kappa shape index (κ1) is 20.8. The first-order chi connectivity index (χ1) is 14.5. The SMILES string of the molecule is C[C@H](NC(=O)/C=C/c1ccccc1)C(=O)OCC(=O)Nc1cccc2ccccc12. The Morgan fingerprint density at radius 1 is 0.933 bits per heavy atom. The molecule has 3 rings (SSSR count). The third kappa shape index (κ3) is 5.78. The minimum Gasteiger partial charge on any atom is -0.454 e. The number of fused-ring (bicyclic) bond motifs is 1. The van der Waals surface area contributed by atoms with Crippen LogP contribution in [0, 0.1) is 0 Å². The van der Waals surface area contributed by atoms with E-state index in [-0.39, 0.29) is 0 Å². The lowest BCUT2D eigenvalue weighted by Crippen LogP contribution is -2.39. The molecule has 0 heterocycles. The Balaban J connectivity index is 1.47. The van der Waals surface area contributed by atoms with Crippen molar-refractivity contribution in [3.8, 4) is 0 Å². The number of anilines is 1. The van der Waals surface area contributed by atoms with Crippen molar-refractivity contribution < 1.29 is 19.1 Å². The molecule has 0 radical (unpaired) electrons. The van der Waals surface area contributed by atoms with Crippen molar-refractivity contribution in [2.45, 2.75) is 13.0 Å². The predicted octanol–water partition coefficient (Wildman–Crippen LogP) is 3.54. The summed E-state index contributed by atoms with van der Waals surface area (Å²) in [5.74, 6) is -1.57. The van der Waals surface area contributed by atoms with Crippen LogP contribution in [0.25, 0.3) is 16.8 Å². The average Bonchev–Trinajstić information content (AvgIpc) is 2.77. The standard InChI is InChI=1S/C24H22N2O4/c1-17(25-22(27)15-14-18-8-3-2-4-9-18)24(29)30-16-23(28)26-21-13-7-11-19-10-5-6-12-20(19)21/h2-15,17H,16H2,1H3,(H,25,27)(H,26,28)/b15-14+/t17-/m0/s1. The van der Waals surface area contributed by atoms with E-state index in [0.29, 0.717) is 5.69 Å². The zero-order chi connectivity index (χ0) is 21.3.